The van der Waals surface area contributed by atoms with Crippen molar-refractivity contribution < 1.29 is 28.2 Å². The number of aldehydes is 1. The Hall–Kier alpha value is -3.54. The van der Waals surface area contributed by atoms with Crippen LogP contribution in [0.4, 0.5) is 4.39 Å². The zero-order chi connectivity index (χ0) is 21.8. The number of ether oxygens (including phenoxy) is 2. The van der Waals surface area contributed by atoms with Gasteiger partial charge in [0, 0.05) is 18.1 Å². The zero-order valence-corrected chi connectivity index (χ0v) is 16.5. The molecule has 0 radical (unpaired) electrons. The first-order valence-electron chi connectivity index (χ1n) is 9.42. The van der Waals surface area contributed by atoms with E-state index in [4.69, 9.17) is 9.47 Å². The Balaban J connectivity index is 1.91. The molecular weight excluding hydrogens is 387 g/mol. The Morgan fingerprint density at radius 2 is 1.40 bits per heavy atom. The largest absolute Gasteiger partial charge is 0.462 e. The van der Waals surface area contributed by atoms with E-state index in [9.17, 15) is 18.8 Å². The van der Waals surface area contributed by atoms with E-state index in [2.05, 4.69) is 0 Å². The highest BCUT2D eigenvalue weighted by atomic mass is 19.1. The monoisotopic (exact) mass is 410 g/mol. The number of rotatable bonds is 10. The van der Waals surface area contributed by atoms with Gasteiger partial charge in [0.15, 0.2) is 12.5 Å². The molecule has 0 spiro atoms. The minimum atomic E-state index is -2.03. The van der Waals surface area contributed by atoms with Gasteiger partial charge in [-0.25, -0.2) is 14.0 Å². The molecule has 0 saturated heterocycles. The maximum Gasteiger partial charge on any atom is 0.331 e. The number of carbonyl (C=O) groups is 3. The van der Waals surface area contributed by atoms with Crippen molar-refractivity contribution in [1.29, 1.82) is 0 Å². The van der Waals surface area contributed by atoms with Gasteiger partial charge in [0.1, 0.15) is 6.10 Å². The number of hydrogen-bond acceptors (Lipinski definition) is 5. The summed E-state index contributed by atoms with van der Waals surface area (Å²) in [5.74, 6) is -2.15. The minimum absolute atomic E-state index is 0.0620. The first-order chi connectivity index (χ1) is 14.5. The third-order valence-corrected chi connectivity index (χ3v) is 4.17. The van der Waals surface area contributed by atoms with Crippen molar-refractivity contribution in [3.63, 3.8) is 0 Å². The van der Waals surface area contributed by atoms with Crippen molar-refractivity contribution in [1.82, 2.24) is 0 Å². The predicted octanol–water partition coefficient (Wildman–Crippen LogP) is 4.04. The fourth-order valence-corrected chi connectivity index (χ4v) is 2.56. The lowest BCUT2D eigenvalue weighted by Gasteiger charge is -2.23. The molecule has 0 bridgehead atoms. The highest BCUT2D eigenvalue weighted by molar-refractivity contribution is 5.87. The van der Waals surface area contributed by atoms with Crippen molar-refractivity contribution in [3.05, 3.63) is 83.9 Å². The van der Waals surface area contributed by atoms with Gasteiger partial charge in [-0.2, -0.15) is 0 Å². The summed E-state index contributed by atoms with van der Waals surface area (Å²) < 4.78 is 24.2. The molecule has 0 aliphatic heterocycles. The number of hydrogen-bond donors (Lipinski definition) is 0. The van der Waals surface area contributed by atoms with Crippen molar-refractivity contribution in [3.8, 4) is 0 Å². The third kappa shape index (κ3) is 7.83. The van der Waals surface area contributed by atoms with E-state index >= 15 is 0 Å². The van der Waals surface area contributed by atoms with Crippen molar-refractivity contribution >= 4 is 30.4 Å². The second-order valence-electron chi connectivity index (χ2n) is 6.58. The van der Waals surface area contributed by atoms with Crippen LogP contribution in [-0.2, 0) is 23.9 Å². The molecule has 0 N–H and O–H groups in total. The molecular formula is C24H23FO5. The van der Waals surface area contributed by atoms with Crippen LogP contribution in [-0.4, -0.2) is 37.1 Å². The summed E-state index contributed by atoms with van der Waals surface area (Å²) in [7, 11) is 0. The van der Waals surface area contributed by atoms with Crippen LogP contribution in [0.3, 0.4) is 0 Å². The Labute approximate surface area is 174 Å². The molecule has 0 aliphatic rings. The molecule has 0 fully saturated rings. The molecule has 30 heavy (non-hydrogen) atoms. The van der Waals surface area contributed by atoms with Gasteiger partial charge in [0.25, 0.3) is 0 Å². The normalized spacial score (nSPS) is 14.2. The van der Waals surface area contributed by atoms with Crippen LogP contribution < -0.4 is 0 Å². The predicted molar refractivity (Wildman–Crippen MR) is 112 cm³/mol. The maximum atomic E-state index is 14.0. The summed E-state index contributed by atoms with van der Waals surface area (Å²) in [6, 6.07) is 18.2. The van der Waals surface area contributed by atoms with Crippen LogP contribution >= 0.6 is 0 Å². The summed E-state index contributed by atoms with van der Waals surface area (Å²) >= 11 is 0. The van der Waals surface area contributed by atoms with Gasteiger partial charge in [-0.15, -0.1) is 0 Å². The average molecular weight is 410 g/mol. The Morgan fingerprint density at radius 1 is 0.900 bits per heavy atom. The standard InChI is InChI=1S/C24H23FO5/c1-18(17-29-22(27)14-12-19-8-4-2-5-9-19)24(21(25)16-26)30-23(28)15-13-20-10-6-3-7-11-20/h2-16,18,21,24H,17H2,1H3/b14-12+,15-13+/t18-,21+,24+/m0/s1. The van der Waals surface area contributed by atoms with E-state index in [1.807, 2.05) is 36.4 Å². The molecule has 0 saturated carbocycles. The van der Waals surface area contributed by atoms with Crippen LogP contribution in [0.2, 0.25) is 0 Å². The Bertz CT molecular complexity index is 877. The lowest BCUT2D eigenvalue weighted by atomic mass is 10.0. The van der Waals surface area contributed by atoms with Crippen LogP contribution in [0, 0.1) is 5.92 Å². The van der Waals surface area contributed by atoms with E-state index < -0.39 is 30.1 Å². The number of esters is 2. The van der Waals surface area contributed by atoms with Gasteiger partial charge < -0.3 is 9.47 Å². The van der Waals surface area contributed by atoms with E-state index in [1.165, 1.54) is 19.1 Å². The molecule has 0 aromatic heterocycles. The second-order valence-corrected chi connectivity index (χ2v) is 6.58. The molecule has 2 aromatic carbocycles. The van der Waals surface area contributed by atoms with E-state index in [1.54, 1.807) is 30.3 Å². The molecule has 0 heterocycles. The lowest BCUT2D eigenvalue weighted by molar-refractivity contribution is -0.153. The van der Waals surface area contributed by atoms with Crippen LogP contribution in [0.1, 0.15) is 18.1 Å². The zero-order valence-electron chi connectivity index (χ0n) is 16.5. The smallest absolute Gasteiger partial charge is 0.331 e. The third-order valence-electron chi connectivity index (χ3n) is 4.17. The molecule has 0 aliphatic carbocycles. The summed E-state index contributed by atoms with van der Waals surface area (Å²) in [5.41, 5.74) is 1.59. The summed E-state index contributed by atoms with van der Waals surface area (Å²) in [6.45, 7) is 1.32. The summed E-state index contributed by atoms with van der Waals surface area (Å²) in [6.07, 6.45) is 2.16. The number of halogens is 1. The van der Waals surface area contributed by atoms with E-state index in [0.29, 0.717) is 0 Å². The number of alkyl halides is 1. The Kier molecular flexibility index (Phi) is 9.18. The maximum absolute atomic E-state index is 14.0. The van der Waals surface area contributed by atoms with Crippen molar-refractivity contribution in [2.24, 2.45) is 5.92 Å². The fourth-order valence-electron chi connectivity index (χ4n) is 2.56. The summed E-state index contributed by atoms with van der Waals surface area (Å²) in [5, 5.41) is 0. The molecule has 6 heteroatoms. The Morgan fingerprint density at radius 3 is 1.90 bits per heavy atom. The SMILES string of the molecule is C[C@@H](COC(=O)/C=C/c1ccccc1)[C@@H](OC(=O)/C=C/c1ccccc1)[C@H](F)C=O. The quantitative estimate of drug-likeness (QED) is 0.336. The molecule has 2 aromatic rings. The molecule has 2 rings (SSSR count). The fraction of sp³-hybridized carbons (Fsp3) is 0.208. The van der Waals surface area contributed by atoms with Crippen LogP contribution in [0.5, 0.6) is 0 Å². The van der Waals surface area contributed by atoms with Crippen LogP contribution in [0.15, 0.2) is 72.8 Å². The second kappa shape index (κ2) is 12.1. The van der Waals surface area contributed by atoms with Gasteiger partial charge in [-0.3, -0.25) is 4.79 Å². The van der Waals surface area contributed by atoms with Gasteiger partial charge in [-0.05, 0) is 23.3 Å². The van der Waals surface area contributed by atoms with E-state index in [-0.39, 0.29) is 12.9 Å². The average Bonchev–Trinajstić information content (AvgIpc) is 2.79. The molecule has 3 atom stereocenters. The molecule has 0 amide bonds. The minimum Gasteiger partial charge on any atom is -0.462 e. The van der Waals surface area contributed by atoms with Gasteiger partial charge in [0.05, 0.1) is 6.61 Å². The number of carbonyl (C=O) groups excluding carboxylic acids is 3. The number of benzene rings is 2. The van der Waals surface area contributed by atoms with Gasteiger partial charge >= 0.3 is 11.9 Å². The molecule has 156 valence electrons. The highest BCUT2D eigenvalue weighted by Gasteiger charge is 2.30. The highest BCUT2D eigenvalue weighted by Crippen LogP contribution is 2.16. The lowest BCUT2D eigenvalue weighted by Crippen LogP contribution is -2.37. The van der Waals surface area contributed by atoms with Gasteiger partial charge in [-0.1, -0.05) is 67.6 Å². The first kappa shape index (κ1) is 22.7. The van der Waals surface area contributed by atoms with Crippen molar-refractivity contribution in [2.75, 3.05) is 6.61 Å². The first-order valence-corrected chi connectivity index (χ1v) is 9.42. The van der Waals surface area contributed by atoms with Crippen LogP contribution in [0.25, 0.3) is 12.2 Å². The van der Waals surface area contributed by atoms with E-state index in [0.717, 1.165) is 17.2 Å². The van der Waals surface area contributed by atoms with Gasteiger partial charge in [0.2, 0.25) is 0 Å². The molecule has 5 nitrogen and oxygen atoms in total. The summed E-state index contributed by atoms with van der Waals surface area (Å²) in [4.78, 5) is 34.8. The molecule has 0 unspecified atom stereocenters. The topological polar surface area (TPSA) is 69.7 Å². The van der Waals surface area contributed by atoms with Crippen molar-refractivity contribution in [2.45, 2.75) is 19.2 Å².